The maximum Gasteiger partial charge on any atom is 0.254 e. The number of para-hydroxylation sites is 1. The van der Waals surface area contributed by atoms with Gasteiger partial charge in [-0.2, -0.15) is 0 Å². The summed E-state index contributed by atoms with van der Waals surface area (Å²) in [6.07, 6.45) is 2.42. The fourth-order valence-electron chi connectivity index (χ4n) is 1.98. The van der Waals surface area contributed by atoms with Crippen LogP contribution in [-0.4, -0.2) is 31.0 Å². The molecule has 0 unspecified atom stereocenters. The largest absolute Gasteiger partial charge is 0.375 e. The van der Waals surface area contributed by atoms with E-state index in [9.17, 15) is 4.79 Å². The number of carbonyl (C=O) groups is 1. The van der Waals surface area contributed by atoms with Gasteiger partial charge in [-0.15, -0.1) is 0 Å². The lowest BCUT2D eigenvalue weighted by Crippen LogP contribution is -2.28. The predicted octanol–water partition coefficient (Wildman–Crippen LogP) is 2.99. The summed E-state index contributed by atoms with van der Waals surface area (Å²) in [6.45, 7) is 1.46. The van der Waals surface area contributed by atoms with Crippen molar-refractivity contribution in [3.8, 4) is 0 Å². The summed E-state index contributed by atoms with van der Waals surface area (Å²) in [5.74, 6) is -0.185. The van der Waals surface area contributed by atoms with E-state index in [0.29, 0.717) is 12.1 Å². The molecule has 1 heterocycles. The van der Waals surface area contributed by atoms with Crippen molar-refractivity contribution >= 4 is 23.2 Å². The summed E-state index contributed by atoms with van der Waals surface area (Å²) >= 11 is 5.88. The fourth-order valence-corrected chi connectivity index (χ4v) is 2.19. The topological polar surface area (TPSA) is 45.2 Å². The Balaban J connectivity index is 1.75. The molecule has 0 bridgehead atoms. The molecule has 1 N–H and O–H groups in total. The number of nitrogens with zero attached hydrogens (tertiary/aromatic N) is 2. The first-order chi connectivity index (χ1) is 10.2. The van der Waals surface area contributed by atoms with E-state index in [0.717, 1.165) is 13.0 Å². The van der Waals surface area contributed by atoms with E-state index < -0.39 is 0 Å². The van der Waals surface area contributed by atoms with E-state index in [1.165, 1.54) is 5.69 Å². The highest BCUT2D eigenvalue weighted by Gasteiger charge is 2.09. The standard InChI is InChI=1S/C16H18ClN3O/c1-20(13-7-3-2-4-8-13)12-6-11-19-16(21)14-9-5-10-18-15(14)17/h2-5,7-10H,6,11-12H2,1H3,(H,19,21). The monoisotopic (exact) mass is 303 g/mol. The highest BCUT2D eigenvalue weighted by Crippen LogP contribution is 2.12. The van der Waals surface area contributed by atoms with Gasteiger partial charge in [-0.25, -0.2) is 4.98 Å². The van der Waals surface area contributed by atoms with E-state index in [2.05, 4.69) is 27.3 Å². The van der Waals surface area contributed by atoms with Gasteiger partial charge in [-0.1, -0.05) is 29.8 Å². The van der Waals surface area contributed by atoms with Crippen molar-refractivity contribution in [2.24, 2.45) is 0 Å². The number of pyridine rings is 1. The van der Waals surface area contributed by atoms with Gasteiger partial charge in [-0.3, -0.25) is 4.79 Å². The second kappa shape index (κ2) is 7.64. The minimum atomic E-state index is -0.185. The molecule has 0 fully saturated rings. The smallest absolute Gasteiger partial charge is 0.254 e. The molecule has 0 aliphatic carbocycles. The molecule has 0 aliphatic heterocycles. The number of amides is 1. The van der Waals surface area contributed by atoms with Gasteiger partial charge in [0.25, 0.3) is 5.91 Å². The Bertz CT molecular complexity index is 589. The van der Waals surface area contributed by atoms with Crippen LogP contribution in [0.5, 0.6) is 0 Å². The molecule has 4 nitrogen and oxygen atoms in total. The van der Waals surface area contributed by atoms with Crippen molar-refractivity contribution in [2.45, 2.75) is 6.42 Å². The van der Waals surface area contributed by atoms with Gasteiger partial charge in [0.05, 0.1) is 5.56 Å². The Kier molecular flexibility index (Phi) is 5.58. The molecule has 5 heteroatoms. The predicted molar refractivity (Wildman–Crippen MR) is 85.9 cm³/mol. The zero-order valence-corrected chi connectivity index (χ0v) is 12.7. The molecular weight excluding hydrogens is 286 g/mol. The van der Waals surface area contributed by atoms with Gasteiger partial charge < -0.3 is 10.2 Å². The SMILES string of the molecule is CN(CCCNC(=O)c1cccnc1Cl)c1ccccc1. The molecule has 0 aliphatic rings. The van der Waals surface area contributed by atoms with Gasteiger partial charge in [0.2, 0.25) is 0 Å². The maximum absolute atomic E-state index is 11.9. The van der Waals surface area contributed by atoms with Crippen LogP contribution in [0, 0.1) is 0 Å². The van der Waals surface area contributed by atoms with Crippen LogP contribution >= 0.6 is 11.6 Å². The number of hydrogen-bond acceptors (Lipinski definition) is 3. The van der Waals surface area contributed by atoms with Crippen molar-refractivity contribution in [1.29, 1.82) is 0 Å². The Morgan fingerprint density at radius 1 is 1.24 bits per heavy atom. The van der Waals surface area contributed by atoms with Gasteiger partial charge in [0.15, 0.2) is 0 Å². The molecular formula is C16H18ClN3O. The van der Waals surface area contributed by atoms with E-state index in [4.69, 9.17) is 11.6 Å². The van der Waals surface area contributed by atoms with Crippen molar-refractivity contribution in [3.05, 3.63) is 59.4 Å². The van der Waals surface area contributed by atoms with E-state index in [1.54, 1.807) is 18.3 Å². The lowest BCUT2D eigenvalue weighted by atomic mass is 10.2. The van der Waals surface area contributed by atoms with Crippen LogP contribution in [0.25, 0.3) is 0 Å². The molecule has 21 heavy (non-hydrogen) atoms. The summed E-state index contributed by atoms with van der Waals surface area (Å²) in [5, 5.41) is 3.09. The van der Waals surface area contributed by atoms with Crippen LogP contribution in [0.1, 0.15) is 16.8 Å². The van der Waals surface area contributed by atoms with E-state index in [-0.39, 0.29) is 11.1 Å². The summed E-state index contributed by atoms with van der Waals surface area (Å²) in [7, 11) is 2.04. The minimum Gasteiger partial charge on any atom is -0.375 e. The van der Waals surface area contributed by atoms with Crippen molar-refractivity contribution in [2.75, 3.05) is 25.0 Å². The summed E-state index contributed by atoms with van der Waals surface area (Å²) < 4.78 is 0. The molecule has 0 atom stereocenters. The molecule has 1 aromatic carbocycles. The molecule has 0 saturated carbocycles. The first kappa shape index (κ1) is 15.3. The quantitative estimate of drug-likeness (QED) is 0.659. The Morgan fingerprint density at radius 2 is 2.00 bits per heavy atom. The Labute approximate surface area is 129 Å². The van der Waals surface area contributed by atoms with E-state index in [1.807, 2.05) is 25.2 Å². The fraction of sp³-hybridized carbons (Fsp3) is 0.250. The molecule has 110 valence electrons. The number of halogens is 1. The van der Waals surface area contributed by atoms with Crippen LogP contribution in [-0.2, 0) is 0 Å². The molecule has 2 aromatic rings. The van der Waals surface area contributed by atoms with Crippen LogP contribution < -0.4 is 10.2 Å². The number of benzene rings is 1. The number of nitrogens with one attached hydrogen (secondary N) is 1. The third kappa shape index (κ3) is 4.46. The van der Waals surface area contributed by atoms with Crippen LogP contribution in [0.3, 0.4) is 0 Å². The summed E-state index contributed by atoms with van der Waals surface area (Å²) in [4.78, 5) is 18.0. The third-order valence-corrected chi connectivity index (χ3v) is 3.46. The normalized spacial score (nSPS) is 10.2. The van der Waals surface area contributed by atoms with Gasteiger partial charge in [0, 0.05) is 32.0 Å². The number of rotatable bonds is 6. The Morgan fingerprint density at radius 3 is 2.71 bits per heavy atom. The molecule has 2 rings (SSSR count). The van der Waals surface area contributed by atoms with Crippen molar-refractivity contribution in [1.82, 2.24) is 10.3 Å². The summed E-state index contributed by atoms with van der Waals surface area (Å²) in [5.41, 5.74) is 1.58. The zero-order valence-electron chi connectivity index (χ0n) is 11.9. The molecule has 1 amide bonds. The third-order valence-electron chi connectivity index (χ3n) is 3.16. The van der Waals surface area contributed by atoms with Crippen LogP contribution in [0.2, 0.25) is 5.15 Å². The van der Waals surface area contributed by atoms with E-state index >= 15 is 0 Å². The molecule has 0 radical (unpaired) electrons. The first-order valence-electron chi connectivity index (χ1n) is 6.83. The zero-order chi connectivity index (χ0) is 15.1. The molecule has 0 spiro atoms. The second-order valence-electron chi connectivity index (χ2n) is 4.71. The average Bonchev–Trinajstić information content (AvgIpc) is 2.52. The number of anilines is 1. The van der Waals surface area contributed by atoms with Crippen LogP contribution in [0.4, 0.5) is 5.69 Å². The molecule has 1 aromatic heterocycles. The van der Waals surface area contributed by atoms with Crippen LogP contribution in [0.15, 0.2) is 48.7 Å². The van der Waals surface area contributed by atoms with Gasteiger partial charge in [0.1, 0.15) is 5.15 Å². The average molecular weight is 304 g/mol. The highest BCUT2D eigenvalue weighted by atomic mass is 35.5. The highest BCUT2D eigenvalue weighted by molar-refractivity contribution is 6.32. The van der Waals surface area contributed by atoms with Gasteiger partial charge >= 0.3 is 0 Å². The second-order valence-corrected chi connectivity index (χ2v) is 5.07. The number of aromatic nitrogens is 1. The maximum atomic E-state index is 11.9. The number of carbonyl (C=O) groups excluding carboxylic acids is 1. The lowest BCUT2D eigenvalue weighted by Gasteiger charge is -2.19. The lowest BCUT2D eigenvalue weighted by molar-refractivity contribution is 0.0953. The van der Waals surface area contributed by atoms with Crippen molar-refractivity contribution < 1.29 is 4.79 Å². The Hall–Kier alpha value is -2.07. The molecule has 0 saturated heterocycles. The van der Waals surface area contributed by atoms with Gasteiger partial charge in [-0.05, 0) is 30.7 Å². The first-order valence-corrected chi connectivity index (χ1v) is 7.21. The van der Waals surface area contributed by atoms with Crippen molar-refractivity contribution in [3.63, 3.8) is 0 Å². The summed E-state index contributed by atoms with van der Waals surface area (Å²) in [6, 6.07) is 13.5. The minimum absolute atomic E-state index is 0.185. The number of hydrogen-bond donors (Lipinski definition) is 1.